The molecule has 2 unspecified atom stereocenters. The summed E-state index contributed by atoms with van der Waals surface area (Å²) in [5.74, 6) is 0.957. The summed E-state index contributed by atoms with van der Waals surface area (Å²) in [5.41, 5.74) is 2.23. The Kier molecular flexibility index (Phi) is 5.38. The number of hydrogen-bond acceptors (Lipinski definition) is 6. The molecule has 0 aliphatic heterocycles. The van der Waals surface area contributed by atoms with Crippen molar-refractivity contribution in [1.29, 1.82) is 5.26 Å². The summed E-state index contributed by atoms with van der Waals surface area (Å²) in [4.78, 5) is 4.48. The van der Waals surface area contributed by atoms with Gasteiger partial charge in [0, 0.05) is 23.3 Å². The van der Waals surface area contributed by atoms with Crippen LogP contribution in [-0.2, 0) is 5.44 Å². The number of hydrogen-bond donors (Lipinski definition) is 2. The van der Waals surface area contributed by atoms with E-state index in [1.807, 2.05) is 16.9 Å². The molecule has 10 heteroatoms. The summed E-state index contributed by atoms with van der Waals surface area (Å²) in [6.07, 6.45) is 9.22. The van der Waals surface area contributed by atoms with Crippen molar-refractivity contribution in [2.75, 3.05) is 10.6 Å². The van der Waals surface area contributed by atoms with E-state index < -0.39 is 5.44 Å². The number of nitriles is 1. The summed E-state index contributed by atoms with van der Waals surface area (Å²) in [5, 5.41) is 26.8. The van der Waals surface area contributed by atoms with Crippen molar-refractivity contribution in [2.24, 2.45) is 11.8 Å². The number of aromatic nitrogens is 4. The first-order chi connectivity index (χ1) is 18.4. The van der Waals surface area contributed by atoms with Gasteiger partial charge >= 0.3 is 0 Å². The number of pyridine rings is 1. The molecule has 4 aromatic rings. The van der Waals surface area contributed by atoms with E-state index in [1.165, 1.54) is 31.4 Å². The number of nitrogens with one attached hydrogen (secondary N) is 2. The minimum atomic E-state index is -1.32. The van der Waals surface area contributed by atoms with E-state index in [1.54, 1.807) is 24.4 Å². The molecule has 3 aliphatic rings. The maximum absolute atomic E-state index is 13.8. The molecule has 3 saturated carbocycles. The van der Waals surface area contributed by atoms with Gasteiger partial charge < -0.3 is 10.6 Å². The molecule has 7 nitrogen and oxygen atoms in total. The van der Waals surface area contributed by atoms with Crippen molar-refractivity contribution >= 4 is 41.7 Å². The summed E-state index contributed by atoms with van der Waals surface area (Å²) >= 11 is 6.74. The third kappa shape index (κ3) is 3.90. The molecule has 4 atom stereocenters. The molecular formula is C28H24BClFN7. The van der Waals surface area contributed by atoms with E-state index in [9.17, 15) is 9.65 Å². The second-order valence-corrected chi connectivity index (χ2v) is 11.1. The Morgan fingerprint density at radius 1 is 1.13 bits per heavy atom. The molecule has 0 saturated heterocycles. The summed E-state index contributed by atoms with van der Waals surface area (Å²) < 4.78 is 15.6. The second-order valence-electron chi connectivity index (χ2n) is 10.7. The Bertz CT molecular complexity index is 1590. The lowest BCUT2D eigenvalue weighted by molar-refractivity contribution is 0.610. The van der Waals surface area contributed by atoms with E-state index in [0.29, 0.717) is 57.0 Å². The quantitative estimate of drug-likeness (QED) is 0.310. The molecule has 0 spiro atoms. The number of benzene rings is 2. The summed E-state index contributed by atoms with van der Waals surface area (Å²) in [6.45, 7) is 0. The summed E-state index contributed by atoms with van der Waals surface area (Å²) in [6, 6.07) is 12.6. The normalized spacial score (nSPS) is 23.4. The van der Waals surface area contributed by atoms with Crippen LogP contribution in [0.25, 0.3) is 10.9 Å². The topological polar surface area (TPSA) is 91.5 Å². The highest BCUT2D eigenvalue weighted by molar-refractivity contribution is 6.36. The van der Waals surface area contributed by atoms with Crippen LogP contribution in [0.1, 0.15) is 55.0 Å². The van der Waals surface area contributed by atoms with Gasteiger partial charge in [0.05, 0.1) is 39.5 Å². The first kappa shape index (κ1) is 23.5. The van der Waals surface area contributed by atoms with Gasteiger partial charge in [0.2, 0.25) is 0 Å². The van der Waals surface area contributed by atoms with Gasteiger partial charge in [-0.1, -0.05) is 35.4 Å². The molecule has 188 valence electrons. The SMILES string of the molecule is [B]C(Nc1cc(Cl)c2ncc(C#N)c(NC3[C@H]4CCC[C@@H]34)c2c1)(c1ccc(F)cc1)c1cn(C2CC2)nn1. The zero-order chi connectivity index (χ0) is 26.0. The molecule has 2 N–H and O–H groups in total. The molecule has 0 bridgehead atoms. The number of nitrogens with zero attached hydrogens (tertiary/aromatic N) is 5. The average Bonchev–Trinajstić information content (AvgIpc) is 3.73. The average molecular weight is 524 g/mol. The second kappa shape index (κ2) is 8.70. The first-order valence-electron chi connectivity index (χ1n) is 13.0. The molecule has 7 rings (SSSR count). The Labute approximate surface area is 225 Å². The highest BCUT2D eigenvalue weighted by Crippen LogP contribution is 2.54. The third-order valence-electron chi connectivity index (χ3n) is 8.24. The van der Waals surface area contributed by atoms with Crippen molar-refractivity contribution in [2.45, 2.75) is 49.6 Å². The fraction of sp³-hybridized carbons (Fsp3) is 0.357. The molecule has 0 amide bonds. The Hall–Kier alpha value is -3.64. The zero-order valence-electron chi connectivity index (χ0n) is 20.5. The van der Waals surface area contributed by atoms with Gasteiger partial charge in [-0.25, -0.2) is 9.07 Å². The van der Waals surface area contributed by atoms with E-state index in [-0.39, 0.29) is 5.82 Å². The molecule has 2 aromatic carbocycles. The molecule has 38 heavy (non-hydrogen) atoms. The van der Waals surface area contributed by atoms with Gasteiger partial charge in [-0.15, -0.1) is 5.10 Å². The fourth-order valence-electron chi connectivity index (χ4n) is 5.97. The van der Waals surface area contributed by atoms with Crippen molar-refractivity contribution in [3.8, 4) is 6.07 Å². The maximum Gasteiger partial charge on any atom is 0.123 e. The number of halogens is 2. The molecule has 3 aliphatic carbocycles. The van der Waals surface area contributed by atoms with Gasteiger partial charge in [0.1, 0.15) is 25.4 Å². The lowest BCUT2D eigenvalue weighted by Crippen LogP contribution is -2.37. The van der Waals surface area contributed by atoms with E-state index in [0.717, 1.165) is 23.9 Å². The minimum Gasteiger partial charge on any atom is -0.380 e. The van der Waals surface area contributed by atoms with Crippen molar-refractivity contribution in [3.63, 3.8) is 0 Å². The van der Waals surface area contributed by atoms with E-state index in [4.69, 9.17) is 19.4 Å². The largest absolute Gasteiger partial charge is 0.380 e. The van der Waals surface area contributed by atoms with Gasteiger partial charge in [0.25, 0.3) is 0 Å². The molecule has 2 aromatic heterocycles. The lowest BCUT2D eigenvalue weighted by Gasteiger charge is -2.32. The van der Waals surface area contributed by atoms with Crippen LogP contribution in [0.4, 0.5) is 15.8 Å². The Balaban J connectivity index is 1.32. The number of rotatable bonds is 7. The van der Waals surface area contributed by atoms with Gasteiger partial charge in [0.15, 0.2) is 0 Å². The standard InChI is InChI=1S/C28H24BClFN7/c29-28(16-4-6-17(31)7-5-16,24-14-38(37-36-24)19-8-9-19)35-18-10-22-25(34-26-20-2-1-3-21(20)26)15(12-32)13-33-27(22)23(30)11-18/h4-7,10-11,13-14,19-21,26,35H,1-3,8-9H2,(H,33,34)/t20-,21+,26?,28?. The Morgan fingerprint density at radius 2 is 1.89 bits per heavy atom. The van der Waals surface area contributed by atoms with Crippen LogP contribution in [0, 0.1) is 29.0 Å². The first-order valence-corrected chi connectivity index (χ1v) is 13.4. The van der Waals surface area contributed by atoms with Crippen LogP contribution in [0.3, 0.4) is 0 Å². The molecular weight excluding hydrogens is 500 g/mol. The fourth-order valence-corrected chi connectivity index (χ4v) is 6.24. The van der Waals surface area contributed by atoms with Crippen LogP contribution >= 0.6 is 11.6 Å². The van der Waals surface area contributed by atoms with Crippen molar-refractivity contribution in [1.82, 2.24) is 20.0 Å². The van der Waals surface area contributed by atoms with Crippen LogP contribution < -0.4 is 10.6 Å². The number of anilines is 2. The van der Waals surface area contributed by atoms with Crippen LogP contribution in [0.15, 0.2) is 48.8 Å². The van der Waals surface area contributed by atoms with Crippen LogP contribution in [0.5, 0.6) is 0 Å². The van der Waals surface area contributed by atoms with Gasteiger partial charge in [-0.3, -0.25) is 4.98 Å². The Morgan fingerprint density at radius 3 is 2.61 bits per heavy atom. The highest BCUT2D eigenvalue weighted by atomic mass is 35.5. The molecule has 3 fully saturated rings. The van der Waals surface area contributed by atoms with E-state index >= 15 is 0 Å². The monoisotopic (exact) mass is 523 g/mol. The van der Waals surface area contributed by atoms with Gasteiger partial charge in [-0.05, 0) is 67.3 Å². The highest BCUT2D eigenvalue weighted by Gasteiger charge is 2.52. The van der Waals surface area contributed by atoms with Gasteiger partial charge in [-0.2, -0.15) is 5.26 Å². The van der Waals surface area contributed by atoms with Crippen LogP contribution in [0.2, 0.25) is 5.02 Å². The molecule has 2 radical (unpaired) electrons. The van der Waals surface area contributed by atoms with Crippen molar-refractivity contribution in [3.05, 3.63) is 76.5 Å². The number of fused-ring (bicyclic) bond motifs is 2. The minimum absolute atomic E-state index is 0.329. The smallest absolute Gasteiger partial charge is 0.123 e. The van der Waals surface area contributed by atoms with Crippen molar-refractivity contribution < 1.29 is 4.39 Å². The predicted octanol–water partition coefficient (Wildman–Crippen LogP) is 5.52. The third-order valence-corrected chi connectivity index (χ3v) is 8.53. The zero-order valence-corrected chi connectivity index (χ0v) is 21.3. The predicted molar refractivity (Wildman–Crippen MR) is 145 cm³/mol. The summed E-state index contributed by atoms with van der Waals surface area (Å²) in [7, 11) is 7.02. The van der Waals surface area contributed by atoms with Crippen LogP contribution in [-0.4, -0.2) is 33.9 Å². The lowest BCUT2D eigenvalue weighted by atomic mass is 9.69. The van der Waals surface area contributed by atoms with E-state index in [2.05, 4.69) is 32.0 Å². The maximum atomic E-state index is 13.8. The molecule has 2 heterocycles.